The number of fused-ring (bicyclic) bond motifs is 2. The molecule has 0 aliphatic carbocycles. The minimum atomic E-state index is -0.393. The molecule has 206 valence electrons. The summed E-state index contributed by atoms with van der Waals surface area (Å²) in [5.41, 5.74) is 5.99. The molecule has 1 saturated heterocycles. The Kier molecular flexibility index (Phi) is 6.48. The first-order valence-electron chi connectivity index (χ1n) is 13.5. The Hall–Kier alpha value is -4.90. The molecule has 7 rings (SSSR count). The molecule has 0 saturated carbocycles. The van der Waals surface area contributed by atoms with Crippen LogP contribution >= 0.6 is 0 Å². The second-order valence-electron chi connectivity index (χ2n) is 9.99. The van der Waals surface area contributed by atoms with Gasteiger partial charge in [0.25, 0.3) is 0 Å². The van der Waals surface area contributed by atoms with Crippen LogP contribution in [-0.2, 0) is 0 Å². The maximum absolute atomic E-state index is 14.7. The predicted octanol–water partition coefficient (Wildman–Crippen LogP) is 5.25. The van der Waals surface area contributed by atoms with E-state index in [0.717, 1.165) is 41.9 Å². The Morgan fingerprint density at radius 3 is 2.63 bits per heavy atom. The Labute approximate surface area is 234 Å². The number of ether oxygens (including phenoxy) is 2. The number of hydrogen-bond donors (Lipinski definition) is 2. The number of halogens is 1. The number of pyridine rings is 3. The molecular weight excluding hydrogens is 523 g/mol. The number of nitrogens with one attached hydrogen (secondary N) is 2. The highest BCUT2D eigenvalue weighted by Crippen LogP contribution is 2.32. The zero-order chi connectivity index (χ0) is 27.8. The number of benzene rings is 1. The zero-order valence-corrected chi connectivity index (χ0v) is 22.4. The predicted molar refractivity (Wildman–Crippen MR) is 153 cm³/mol. The van der Waals surface area contributed by atoms with E-state index in [1.807, 2.05) is 30.3 Å². The third kappa shape index (κ3) is 4.95. The van der Waals surface area contributed by atoms with Crippen molar-refractivity contribution in [3.63, 3.8) is 0 Å². The van der Waals surface area contributed by atoms with E-state index in [1.54, 1.807) is 25.7 Å². The van der Waals surface area contributed by atoms with Crippen LogP contribution in [0.2, 0.25) is 0 Å². The van der Waals surface area contributed by atoms with Crippen molar-refractivity contribution in [1.29, 1.82) is 0 Å². The SMILES string of the molecule is COc1cncc(-c2ccc3[nH]nc(-c4nc5c(-c6cc(F)cc(OCCN7CCCC7)c6)nccc5[nH]4)c3n2)c1. The van der Waals surface area contributed by atoms with Gasteiger partial charge in [-0.1, -0.05) is 0 Å². The second-order valence-corrected chi connectivity index (χ2v) is 9.99. The summed E-state index contributed by atoms with van der Waals surface area (Å²) in [5.74, 6) is 1.24. The number of imidazole rings is 1. The van der Waals surface area contributed by atoms with Gasteiger partial charge in [-0.3, -0.25) is 20.0 Å². The molecule has 0 spiro atoms. The summed E-state index contributed by atoms with van der Waals surface area (Å²) in [6.07, 6.45) is 7.49. The number of likely N-dealkylation sites (tertiary alicyclic amines) is 1. The van der Waals surface area contributed by atoms with Crippen LogP contribution in [0.15, 0.2) is 61.1 Å². The molecule has 41 heavy (non-hydrogen) atoms. The van der Waals surface area contributed by atoms with Gasteiger partial charge in [0.15, 0.2) is 11.5 Å². The van der Waals surface area contributed by atoms with Gasteiger partial charge in [0.1, 0.15) is 35.0 Å². The maximum atomic E-state index is 14.7. The van der Waals surface area contributed by atoms with Crippen LogP contribution in [0.5, 0.6) is 11.5 Å². The fraction of sp³-hybridized carbons (Fsp3) is 0.233. The highest BCUT2D eigenvalue weighted by atomic mass is 19.1. The smallest absolute Gasteiger partial charge is 0.161 e. The third-order valence-electron chi connectivity index (χ3n) is 7.30. The fourth-order valence-electron chi connectivity index (χ4n) is 5.24. The average Bonchev–Trinajstić information content (AvgIpc) is 3.76. The molecule has 1 aliphatic rings. The summed E-state index contributed by atoms with van der Waals surface area (Å²) >= 11 is 0. The summed E-state index contributed by atoms with van der Waals surface area (Å²) in [6.45, 7) is 3.50. The van der Waals surface area contributed by atoms with Gasteiger partial charge < -0.3 is 14.5 Å². The highest BCUT2D eigenvalue weighted by Gasteiger charge is 2.19. The van der Waals surface area contributed by atoms with Gasteiger partial charge >= 0.3 is 0 Å². The van der Waals surface area contributed by atoms with Crippen molar-refractivity contribution in [3.8, 4) is 45.5 Å². The Bertz CT molecular complexity index is 1860. The first-order valence-corrected chi connectivity index (χ1v) is 13.5. The number of aromatic amines is 2. The van der Waals surface area contributed by atoms with Gasteiger partial charge in [-0.15, -0.1) is 0 Å². The fourth-order valence-corrected chi connectivity index (χ4v) is 5.24. The first-order chi connectivity index (χ1) is 20.1. The molecule has 0 radical (unpaired) electrons. The van der Waals surface area contributed by atoms with Gasteiger partial charge in [-0.05, 0) is 62.3 Å². The summed E-state index contributed by atoms with van der Waals surface area (Å²) in [4.78, 5) is 24.2. The maximum Gasteiger partial charge on any atom is 0.161 e. The Morgan fingerprint density at radius 2 is 1.76 bits per heavy atom. The molecule has 5 aromatic heterocycles. The third-order valence-corrected chi connectivity index (χ3v) is 7.30. The van der Waals surface area contributed by atoms with Crippen LogP contribution in [0.4, 0.5) is 4.39 Å². The average molecular weight is 551 g/mol. The van der Waals surface area contributed by atoms with Crippen LogP contribution in [0.1, 0.15) is 12.8 Å². The number of hydrogen-bond acceptors (Lipinski definition) is 8. The van der Waals surface area contributed by atoms with Crippen LogP contribution in [0.3, 0.4) is 0 Å². The van der Waals surface area contributed by atoms with Crippen molar-refractivity contribution in [1.82, 2.24) is 40.0 Å². The standard InChI is InChI=1S/C30H27FN8O2/c1-40-22-14-19(16-32-17-22)23-4-5-25-28(34-23)29(38-37-25)30-35-24-6-7-33-26(27(24)36-30)18-12-20(31)15-21(13-18)41-11-10-39-8-2-3-9-39/h4-7,12-17H,2-3,8-11H2,1H3,(H,35,36)(H,37,38). The minimum absolute atomic E-state index is 0.393. The molecule has 0 amide bonds. The second kappa shape index (κ2) is 10.6. The van der Waals surface area contributed by atoms with E-state index in [1.165, 1.54) is 25.0 Å². The van der Waals surface area contributed by atoms with Crippen LogP contribution in [0.25, 0.3) is 56.1 Å². The monoisotopic (exact) mass is 550 g/mol. The lowest BCUT2D eigenvalue weighted by molar-refractivity contribution is 0.237. The summed E-state index contributed by atoms with van der Waals surface area (Å²) in [5, 5.41) is 7.54. The Balaban J connectivity index is 1.23. The zero-order valence-electron chi connectivity index (χ0n) is 22.4. The largest absolute Gasteiger partial charge is 0.495 e. The van der Waals surface area contributed by atoms with Crippen molar-refractivity contribution in [2.75, 3.05) is 33.4 Å². The molecule has 11 heteroatoms. The van der Waals surface area contributed by atoms with E-state index in [9.17, 15) is 4.39 Å². The lowest BCUT2D eigenvalue weighted by Gasteiger charge is -2.15. The number of aromatic nitrogens is 7. The number of rotatable bonds is 8. The normalized spacial score (nSPS) is 13.8. The van der Waals surface area contributed by atoms with Crippen molar-refractivity contribution >= 4 is 22.1 Å². The number of H-pyrrole nitrogens is 2. The minimum Gasteiger partial charge on any atom is -0.495 e. The van der Waals surface area contributed by atoms with Crippen molar-refractivity contribution in [3.05, 3.63) is 66.9 Å². The summed E-state index contributed by atoms with van der Waals surface area (Å²) < 4.78 is 25.9. The van der Waals surface area contributed by atoms with E-state index in [4.69, 9.17) is 19.4 Å². The summed E-state index contributed by atoms with van der Waals surface area (Å²) in [6, 6.07) is 12.2. The van der Waals surface area contributed by atoms with Crippen LogP contribution in [0, 0.1) is 5.82 Å². The van der Waals surface area contributed by atoms with Gasteiger partial charge in [-0.25, -0.2) is 14.4 Å². The molecule has 2 N–H and O–H groups in total. The van der Waals surface area contributed by atoms with E-state index < -0.39 is 5.82 Å². The van der Waals surface area contributed by atoms with Crippen molar-refractivity contribution in [2.24, 2.45) is 0 Å². The lowest BCUT2D eigenvalue weighted by atomic mass is 10.1. The molecule has 1 aromatic carbocycles. The van der Waals surface area contributed by atoms with Crippen LogP contribution < -0.4 is 9.47 Å². The molecular formula is C30H27FN8O2. The molecule has 6 aromatic rings. The molecule has 0 unspecified atom stereocenters. The van der Waals surface area contributed by atoms with Crippen LogP contribution in [-0.4, -0.2) is 73.4 Å². The van der Waals surface area contributed by atoms with E-state index in [0.29, 0.717) is 51.9 Å². The number of methoxy groups -OCH3 is 1. The quantitative estimate of drug-likeness (QED) is 0.264. The highest BCUT2D eigenvalue weighted by molar-refractivity contribution is 5.95. The van der Waals surface area contributed by atoms with Gasteiger partial charge in [0.2, 0.25) is 0 Å². The van der Waals surface area contributed by atoms with E-state index in [-0.39, 0.29) is 0 Å². The summed E-state index contributed by atoms with van der Waals surface area (Å²) in [7, 11) is 1.60. The molecule has 1 fully saturated rings. The molecule has 1 aliphatic heterocycles. The topological polar surface area (TPSA) is 118 Å². The lowest BCUT2D eigenvalue weighted by Crippen LogP contribution is -2.25. The van der Waals surface area contributed by atoms with Crippen molar-refractivity contribution < 1.29 is 13.9 Å². The molecule has 6 heterocycles. The van der Waals surface area contributed by atoms with Gasteiger partial charge in [0.05, 0.1) is 35.7 Å². The molecule has 0 bridgehead atoms. The number of nitrogens with zero attached hydrogens (tertiary/aromatic N) is 6. The first kappa shape index (κ1) is 25.1. The van der Waals surface area contributed by atoms with Crippen molar-refractivity contribution in [2.45, 2.75) is 12.8 Å². The van der Waals surface area contributed by atoms with E-state index >= 15 is 0 Å². The van der Waals surface area contributed by atoms with Gasteiger partial charge in [-0.2, -0.15) is 5.10 Å². The molecule has 10 nitrogen and oxygen atoms in total. The van der Waals surface area contributed by atoms with E-state index in [2.05, 4.69) is 30.0 Å². The molecule has 0 atom stereocenters. The Morgan fingerprint density at radius 1 is 0.902 bits per heavy atom. The van der Waals surface area contributed by atoms with Gasteiger partial charge in [0, 0.05) is 36.1 Å².